The molecule has 28 heavy (non-hydrogen) atoms. The quantitative estimate of drug-likeness (QED) is 0.634. The topological polar surface area (TPSA) is 78.3 Å². The fourth-order valence-corrected chi connectivity index (χ4v) is 3.64. The van der Waals surface area contributed by atoms with Crippen LogP contribution in [0, 0.1) is 0 Å². The number of fused-ring (bicyclic) bond motifs is 1. The highest BCUT2D eigenvalue weighted by atomic mass is 35.5. The molecule has 144 valence electrons. The fourth-order valence-electron chi connectivity index (χ4n) is 2.70. The lowest BCUT2D eigenvalue weighted by Crippen LogP contribution is -2.22. The summed E-state index contributed by atoms with van der Waals surface area (Å²) in [5.41, 5.74) is 1.56. The van der Waals surface area contributed by atoms with E-state index in [-0.39, 0.29) is 18.0 Å². The Morgan fingerprint density at radius 2 is 1.93 bits per heavy atom. The molecule has 4 rings (SSSR count). The van der Waals surface area contributed by atoms with E-state index in [1.54, 1.807) is 30.3 Å². The van der Waals surface area contributed by atoms with Crippen LogP contribution in [0.3, 0.4) is 0 Å². The summed E-state index contributed by atoms with van der Waals surface area (Å²) >= 11 is 7.28. The Morgan fingerprint density at radius 1 is 1.18 bits per heavy atom. The zero-order valence-corrected chi connectivity index (χ0v) is 16.8. The molecule has 3 aromatic rings. The molecule has 1 aromatic heterocycles. The molecule has 0 bridgehead atoms. The van der Waals surface area contributed by atoms with Crippen molar-refractivity contribution in [3.05, 3.63) is 47.5 Å². The summed E-state index contributed by atoms with van der Waals surface area (Å²) in [4.78, 5) is 12.6. The monoisotopic (exact) mass is 416 g/mol. The second-order valence-electron chi connectivity index (χ2n) is 6.19. The smallest absolute Gasteiger partial charge is 0.237 e. The van der Waals surface area contributed by atoms with Crippen molar-refractivity contribution in [2.75, 3.05) is 12.1 Å². The minimum atomic E-state index is -0.369. The molecule has 0 aliphatic carbocycles. The van der Waals surface area contributed by atoms with Gasteiger partial charge < -0.3 is 19.4 Å². The zero-order chi connectivity index (χ0) is 19.7. The van der Waals surface area contributed by atoms with Crippen molar-refractivity contribution in [2.24, 2.45) is 7.05 Å². The molecule has 9 heteroatoms. The highest BCUT2D eigenvalue weighted by Crippen LogP contribution is 2.34. The van der Waals surface area contributed by atoms with Gasteiger partial charge in [-0.3, -0.25) is 4.79 Å². The number of ether oxygens (including phenoxy) is 2. The van der Waals surface area contributed by atoms with Gasteiger partial charge in [0, 0.05) is 29.4 Å². The van der Waals surface area contributed by atoms with Crippen LogP contribution in [-0.2, 0) is 11.8 Å². The number of nitrogens with zero attached hydrogens (tertiary/aromatic N) is 3. The van der Waals surface area contributed by atoms with Gasteiger partial charge in [0.25, 0.3) is 0 Å². The number of carbonyl (C=O) groups excluding carboxylic acids is 1. The predicted molar refractivity (Wildman–Crippen MR) is 108 cm³/mol. The van der Waals surface area contributed by atoms with Crippen LogP contribution in [0.1, 0.15) is 6.92 Å². The van der Waals surface area contributed by atoms with E-state index < -0.39 is 0 Å². The molecule has 0 saturated carbocycles. The molecule has 0 saturated heterocycles. The van der Waals surface area contributed by atoms with E-state index >= 15 is 0 Å². The molecule has 2 aromatic carbocycles. The van der Waals surface area contributed by atoms with Gasteiger partial charge in [-0.25, -0.2) is 0 Å². The van der Waals surface area contributed by atoms with Crippen LogP contribution >= 0.6 is 23.4 Å². The van der Waals surface area contributed by atoms with E-state index in [1.165, 1.54) is 11.8 Å². The lowest BCUT2D eigenvalue weighted by Gasteiger charge is -2.12. The van der Waals surface area contributed by atoms with Gasteiger partial charge >= 0.3 is 0 Å². The number of hydrogen-bond acceptors (Lipinski definition) is 6. The molecule has 0 radical (unpaired) electrons. The molecule has 0 spiro atoms. The van der Waals surface area contributed by atoms with E-state index in [9.17, 15) is 4.79 Å². The van der Waals surface area contributed by atoms with Gasteiger partial charge in [0.2, 0.25) is 12.7 Å². The molecule has 1 atom stereocenters. The Morgan fingerprint density at radius 3 is 2.71 bits per heavy atom. The van der Waals surface area contributed by atoms with E-state index in [2.05, 4.69) is 15.5 Å². The summed E-state index contributed by atoms with van der Waals surface area (Å²) < 4.78 is 12.5. The van der Waals surface area contributed by atoms with Gasteiger partial charge in [-0.15, -0.1) is 10.2 Å². The van der Waals surface area contributed by atoms with Crippen molar-refractivity contribution in [3.63, 3.8) is 0 Å². The molecule has 0 unspecified atom stereocenters. The lowest BCUT2D eigenvalue weighted by atomic mass is 10.2. The molecule has 1 aliphatic heterocycles. The molecule has 1 N–H and O–H groups in total. The van der Waals surface area contributed by atoms with Crippen LogP contribution in [0.2, 0.25) is 5.02 Å². The minimum Gasteiger partial charge on any atom is -0.454 e. The van der Waals surface area contributed by atoms with E-state index in [0.29, 0.717) is 33.2 Å². The van der Waals surface area contributed by atoms with Crippen molar-refractivity contribution in [1.82, 2.24) is 14.8 Å². The normalized spacial score (nSPS) is 13.4. The van der Waals surface area contributed by atoms with E-state index in [0.717, 1.165) is 5.56 Å². The molecule has 1 amide bonds. The molecule has 2 heterocycles. The Bertz CT molecular complexity index is 1020. The highest BCUT2D eigenvalue weighted by molar-refractivity contribution is 8.00. The van der Waals surface area contributed by atoms with Crippen molar-refractivity contribution >= 4 is 35.0 Å². The van der Waals surface area contributed by atoms with Gasteiger partial charge in [-0.2, -0.15) is 0 Å². The van der Waals surface area contributed by atoms with Crippen LogP contribution in [0.15, 0.2) is 47.6 Å². The number of nitrogens with one attached hydrogen (secondary N) is 1. The first-order valence-corrected chi connectivity index (χ1v) is 9.79. The highest BCUT2D eigenvalue weighted by Gasteiger charge is 2.21. The zero-order valence-electron chi connectivity index (χ0n) is 15.2. The number of anilines is 1. The number of thioether (sulfide) groups is 1. The number of benzene rings is 2. The maximum atomic E-state index is 12.6. The number of aromatic nitrogens is 3. The molecule has 7 nitrogen and oxygen atoms in total. The summed E-state index contributed by atoms with van der Waals surface area (Å²) in [6, 6.07) is 12.7. The van der Waals surface area contributed by atoms with Crippen molar-refractivity contribution in [3.8, 4) is 22.9 Å². The first-order valence-electron chi connectivity index (χ1n) is 8.54. The van der Waals surface area contributed by atoms with Gasteiger partial charge in [-0.1, -0.05) is 23.4 Å². The summed E-state index contributed by atoms with van der Waals surface area (Å²) in [6.07, 6.45) is 0. The summed E-state index contributed by atoms with van der Waals surface area (Å²) in [5, 5.41) is 12.3. The van der Waals surface area contributed by atoms with Crippen LogP contribution in [0.25, 0.3) is 11.4 Å². The SMILES string of the molecule is C[C@@H](Sc1nnc(-c2ccc(Cl)cc2)n1C)C(=O)Nc1ccc2c(c1)OCO2. The second kappa shape index (κ2) is 7.73. The number of carbonyl (C=O) groups is 1. The minimum absolute atomic E-state index is 0.139. The average Bonchev–Trinajstić information content (AvgIpc) is 3.29. The maximum Gasteiger partial charge on any atom is 0.237 e. The van der Waals surface area contributed by atoms with Crippen LogP contribution in [0.5, 0.6) is 11.5 Å². The van der Waals surface area contributed by atoms with E-state index in [4.69, 9.17) is 21.1 Å². The van der Waals surface area contributed by atoms with Crippen LogP contribution < -0.4 is 14.8 Å². The second-order valence-corrected chi connectivity index (χ2v) is 7.93. The number of rotatable bonds is 5. The lowest BCUT2D eigenvalue weighted by molar-refractivity contribution is -0.115. The van der Waals surface area contributed by atoms with Crippen molar-refractivity contribution in [1.29, 1.82) is 0 Å². The van der Waals surface area contributed by atoms with Crippen molar-refractivity contribution in [2.45, 2.75) is 17.3 Å². The maximum absolute atomic E-state index is 12.6. The van der Waals surface area contributed by atoms with Gasteiger partial charge in [0.1, 0.15) is 0 Å². The standard InChI is InChI=1S/C19H17ClN4O3S/c1-11(18(25)21-14-7-8-15-16(9-14)27-10-26-15)28-19-23-22-17(24(19)2)12-3-5-13(20)6-4-12/h3-9,11H,10H2,1-2H3,(H,21,25)/t11-/m1/s1. The van der Waals surface area contributed by atoms with Gasteiger partial charge in [-0.05, 0) is 43.3 Å². The van der Waals surface area contributed by atoms with E-state index in [1.807, 2.05) is 30.7 Å². The molecule has 1 aliphatic rings. The number of amides is 1. The third-order valence-corrected chi connectivity index (χ3v) is 5.61. The Hall–Kier alpha value is -2.71. The fraction of sp³-hybridized carbons (Fsp3) is 0.211. The average molecular weight is 417 g/mol. The first-order chi connectivity index (χ1) is 13.5. The molecular weight excluding hydrogens is 400 g/mol. The number of hydrogen-bond donors (Lipinski definition) is 1. The third-order valence-electron chi connectivity index (χ3n) is 4.23. The Labute approximate surface area is 171 Å². The Balaban J connectivity index is 1.44. The Kier molecular flexibility index (Phi) is 5.15. The predicted octanol–water partition coefficient (Wildman–Crippen LogP) is 3.98. The molecular formula is C19H17ClN4O3S. The van der Waals surface area contributed by atoms with Gasteiger partial charge in [0.15, 0.2) is 22.5 Å². The first kappa shape index (κ1) is 18.6. The summed E-state index contributed by atoms with van der Waals surface area (Å²) in [7, 11) is 1.87. The third kappa shape index (κ3) is 3.79. The van der Waals surface area contributed by atoms with Gasteiger partial charge in [0.05, 0.1) is 5.25 Å². The largest absolute Gasteiger partial charge is 0.454 e. The van der Waals surface area contributed by atoms with Crippen molar-refractivity contribution < 1.29 is 14.3 Å². The number of halogens is 1. The molecule has 0 fully saturated rings. The summed E-state index contributed by atoms with van der Waals surface area (Å²) in [6.45, 7) is 2.02. The van der Waals surface area contributed by atoms with Crippen LogP contribution in [0.4, 0.5) is 5.69 Å². The summed E-state index contributed by atoms with van der Waals surface area (Å²) in [5.74, 6) is 1.87. The van der Waals surface area contributed by atoms with Crippen LogP contribution in [-0.4, -0.2) is 32.7 Å².